The molecular formula is C8H18FNO2. The second kappa shape index (κ2) is 10.8. The highest BCUT2D eigenvalue weighted by atomic mass is 19.1. The minimum absolute atomic E-state index is 0.0787. The highest BCUT2D eigenvalue weighted by Gasteiger charge is 1.88. The van der Waals surface area contributed by atoms with Crippen LogP contribution in [0.4, 0.5) is 4.39 Å². The summed E-state index contributed by atoms with van der Waals surface area (Å²) >= 11 is 0. The summed E-state index contributed by atoms with van der Waals surface area (Å²) in [7, 11) is 0. The molecule has 0 atom stereocenters. The third kappa shape index (κ3) is 9.81. The summed E-state index contributed by atoms with van der Waals surface area (Å²) in [5.41, 5.74) is 0. The number of nitrogens with one attached hydrogen (secondary N) is 1. The van der Waals surface area contributed by atoms with Gasteiger partial charge in [0.15, 0.2) is 0 Å². The minimum Gasteiger partial charge on any atom is -0.394 e. The minimum atomic E-state index is -0.256. The molecule has 0 aliphatic rings. The van der Waals surface area contributed by atoms with E-state index in [1.807, 2.05) is 0 Å². The van der Waals surface area contributed by atoms with Crippen LogP contribution in [0.2, 0.25) is 0 Å². The average molecular weight is 179 g/mol. The first-order valence-corrected chi connectivity index (χ1v) is 4.37. The van der Waals surface area contributed by atoms with Crippen LogP contribution in [0, 0.1) is 0 Å². The number of hydrogen-bond acceptors (Lipinski definition) is 3. The number of aliphatic hydroxyl groups is 1. The average Bonchev–Trinajstić information content (AvgIpc) is 2.10. The summed E-state index contributed by atoms with van der Waals surface area (Å²) in [5, 5.41) is 11.4. The van der Waals surface area contributed by atoms with E-state index in [9.17, 15) is 4.39 Å². The molecule has 0 unspecified atom stereocenters. The second-order valence-corrected chi connectivity index (χ2v) is 2.48. The van der Waals surface area contributed by atoms with E-state index in [2.05, 4.69) is 5.32 Å². The van der Waals surface area contributed by atoms with E-state index in [4.69, 9.17) is 9.84 Å². The van der Waals surface area contributed by atoms with Crippen molar-refractivity contribution in [2.24, 2.45) is 0 Å². The Morgan fingerprint density at radius 3 is 2.58 bits per heavy atom. The van der Waals surface area contributed by atoms with Crippen LogP contribution in [0.5, 0.6) is 0 Å². The van der Waals surface area contributed by atoms with Crippen LogP contribution in [-0.4, -0.2) is 44.7 Å². The predicted molar refractivity (Wildman–Crippen MR) is 46.0 cm³/mol. The van der Waals surface area contributed by atoms with Crippen molar-refractivity contribution in [3.05, 3.63) is 0 Å². The smallest absolute Gasteiger partial charge is 0.0906 e. The first-order chi connectivity index (χ1) is 5.91. The third-order valence-electron chi connectivity index (χ3n) is 1.37. The molecule has 0 rings (SSSR count). The summed E-state index contributed by atoms with van der Waals surface area (Å²) in [4.78, 5) is 0. The van der Waals surface area contributed by atoms with Crippen molar-refractivity contribution in [1.29, 1.82) is 0 Å². The van der Waals surface area contributed by atoms with Crippen molar-refractivity contribution < 1.29 is 14.2 Å². The zero-order valence-corrected chi connectivity index (χ0v) is 7.39. The summed E-state index contributed by atoms with van der Waals surface area (Å²) in [6.45, 7) is 2.47. The number of aliphatic hydroxyl groups excluding tert-OH is 1. The van der Waals surface area contributed by atoms with Crippen LogP contribution in [0.3, 0.4) is 0 Å². The third-order valence-corrected chi connectivity index (χ3v) is 1.37. The van der Waals surface area contributed by atoms with Gasteiger partial charge in [0.2, 0.25) is 0 Å². The van der Waals surface area contributed by atoms with Crippen molar-refractivity contribution in [2.75, 3.05) is 39.6 Å². The van der Waals surface area contributed by atoms with Crippen LogP contribution in [0.1, 0.15) is 12.8 Å². The Hall–Kier alpha value is -0.190. The highest BCUT2D eigenvalue weighted by Crippen LogP contribution is 1.81. The van der Waals surface area contributed by atoms with E-state index in [-0.39, 0.29) is 13.3 Å². The standard InChI is InChI=1S/C8H18FNO2/c9-3-1-4-10-5-2-7-12-8-6-11/h10-11H,1-8H2. The number of ether oxygens (including phenoxy) is 1. The molecule has 74 valence electrons. The van der Waals surface area contributed by atoms with Crippen molar-refractivity contribution in [3.63, 3.8) is 0 Å². The molecule has 0 aliphatic carbocycles. The predicted octanol–water partition coefficient (Wildman–Crippen LogP) is 0.335. The molecule has 0 saturated heterocycles. The Kier molecular flexibility index (Phi) is 10.6. The van der Waals surface area contributed by atoms with Crippen LogP contribution < -0.4 is 5.32 Å². The Morgan fingerprint density at radius 1 is 1.17 bits per heavy atom. The molecule has 4 heteroatoms. The van der Waals surface area contributed by atoms with Gasteiger partial charge in [0.25, 0.3) is 0 Å². The van der Waals surface area contributed by atoms with E-state index in [0.29, 0.717) is 19.6 Å². The molecule has 2 N–H and O–H groups in total. The zero-order chi connectivity index (χ0) is 9.07. The summed E-state index contributed by atoms with van der Waals surface area (Å²) in [5.74, 6) is 0. The van der Waals surface area contributed by atoms with E-state index in [0.717, 1.165) is 19.5 Å². The molecule has 0 saturated carbocycles. The quantitative estimate of drug-likeness (QED) is 0.501. The summed E-state index contributed by atoms with van der Waals surface area (Å²) in [6, 6.07) is 0. The molecule has 12 heavy (non-hydrogen) atoms. The molecule has 0 aromatic carbocycles. The molecular weight excluding hydrogens is 161 g/mol. The maximum Gasteiger partial charge on any atom is 0.0906 e. The first-order valence-electron chi connectivity index (χ1n) is 4.37. The number of rotatable bonds is 9. The van der Waals surface area contributed by atoms with Gasteiger partial charge in [0.1, 0.15) is 0 Å². The topological polar surface area (TPSA) is 41.5 Å². The lowest BCUT2D eigenvalue weighted by atomic mass is 10.4. The van der Waals surface area contributed by atoms with Crippen LogP contribution in [0.25, 0.3) is 0 Å². The Morgan fingerprint density at radius 2 is 1.92 bits per heavy atom. The van der Waals surface area contributed by atoms with Crippen LogP contribution in [0.15, 0.2) is 0 Å². The van der Waals surface area contributed by atoms with Crippen molar-refractivity contribution in [3.8, 4) is 0 Å². The van der Waals surface area contributed by atoms with Gasteiger partial charge >= 0.3 is 0 Å². The van der Waals surface area contributed by atoms with E-state index >= 15 is 0 Å². The largest absolute Gasteiger partial charge is 0.394 e. The number of alkyl halides is 1. The van der Waals surface area contributed by atoms with Crippen molar-refractivity contribution in [2.45, 2.75) is 12.8 Å². The molecule has 0 aromatic rings. The van der Waals surface area contributed by atoms with Crippen molar-refractivity contribution >= 4 is 0 Å². The van der Waals surface area contributed by atoms with E-state index < -0.39 is 0 Å². The zero-order valence-electron chi connectivity index (χ0n) is 7.39. The molecule has 0 radical (unpaired) electrons. The van der Waals surface area contributed by atoms with Gasteiger partial charge in [-0.2, -0.15) is 0 Å². The Balaban J connectivity index is 2.73. The van der Waals surface area contributed by atoms with Crippen LogP contribution in [-0.2, 0) is 4.74 Å². The van der Waals surface area contributed by atoms with Gasteiger partial charge in [-0.15, -0.1) is 0 Å². The Labute approximate surface area is 72.9 Å². The highest BCUT2D eigenvalue weighted by molar-refractivity contribution is 4.46. The maximum atomic E-state index is 11.6. The molecule has 0 heterocycles. The lowest BCUT2D eigenvalue weighted by Crippen LogP contribution is -2.18. The monoisotopic (exact) mass is 179 g/mol. The molecule has 0 aliphatic heterocycles. The molecule has 0 spiro atoms. The van der Waals surface area contributed by atoms with Gasteiger partial charge in [-0.05, 0) is 25.9 Å². The number of hydrogen-bond donors (Lipinski definition) is 2. The number of halogens is 1. The molecule has 0 aromatic heterocycles. The van der Waals surface area contributed by atoms with Crippen LogP contribution >= 0.6 is 0 Å². The van der Waals surface area contributed by atoms with Gasteiger partial charge < -0.3 is 15.2 Å². The summed E-state index contributed by atoms with van der Waals surface area (Å²) < 4.78 is 16.6. The van der Waals surface area contributed by atoms with E-state index in [1.54, 1.807) is 0 Å². The normalized spacial score (nSPS) is 10.5. The fourth-order valence-electron chi connectivity index (χ4n) is 0.783. The van der Waals surface area contributed by atoms with Gasteiger partial charge in [-0.3, -0.25) is 4.39 Å². The second-order valence-electron chi connectivity index (χ2n) is 2.48. The molecule has 3 nitrogen and oxygen atoms in total. The van der Waals surface area contributed by atoms with E-state index in [1.165, 1.54) is 0 Å². The molecule has 0 fully saturated rings. The maximum absolute atomic E-state index is 11.6. The fraction of sp³-hybridized carbons (Fsp3) is 1.00. The molecule has 0 bridgehead atoms. The molecule has 0 amide bonds. The van der Waals surface area contributed by atoms with Crippen molar-refractivity contribution in [1.82, 2.24) is 5.32 Å². The Bertz CT molecular complexity index is 73.5. The lowest BCUT2D eigenvalue weighted by molar-refractivity contribution is 0.0907. The van der Waals surface area contributed by atoms with Gasteiger partial charge in [0.05, 0.1) is 19.9 Å². The fourth-order valence-corrected chi connectivity index (χ4v) is 0.783. The SMILES string of the molecule is OCCOCCCNCCCF. The lowest BCUT2D eigenvalue weighted by Gasteiger charge is -2.03. The van der Waals surface area contributed by atoms with Gasteiger partial charge in [0, 0.05) is 6.61 Å². The van der Waals surface area contributed by atoms with Gasteiger partial charge in [-0.1, -0.05) is 0 Å². The van der Waals surface area contributed by atoms with Gasteiger partial charge in [-0.25, -0.2) is 0 Å². The summed E-state index contributed by atoms with van der Waals surface area (Å²) in [6.07, 6.45) is 1.49. The first kappa shape index (κ1) is 11.8.